The van der Waals surface area contributed by atoms with E-state index in [0.717, 1.165) is 28.7 Å². The van der Waals surface area contributed by atoms with E-state index in [1.165, 1.54) is 18.3 Å². The third-order valence-electron chi connectivity index (χ3n) is 6.25. The number of benzene rings is 3. The lowest BCUT2D eigenvalue weighted by atomic mass is 9.98. The highest BCUT2D eigenvalue weighted by molar-refractivity contribution is 8.06. The van der Waals surface area contributed by atoms with Crippen molar-refractivity contribution >= 4 is 26.6 Å². The number of amides is 1. The monoisotopic (exact) mass is 553 g/mol. The summed E-state index contributed by atoms with van der Waals surface area (Å²) in [5, 5.41) is 15.7. The second kappa shape index (κ2) is 11.9. The van der Waals surface area contributed by atoms with Crippen LogP contribution in [0.4, 0.5) is 16.3 Å². The fourth-order valence-corrected chi connectivity index (χ4v) is 5.51. The highest BCUT2D eigenvalue weighted by atomic mass is 32.2. The van der Waals surface area contributed by atoms with Crippen LogP contribution in [0.25, 0.3) is 22.5 Å². The number of anilines is 2. The van der Waals surface area contributed by atoms with Crippen molar-refractivity contribution in [3.05, 3.63) is 103 Å². The standard InChI is InChI=1S/C29H27N7O3S/c1-2-19-36(28-26(13-8-18-30-28)40(38,39)29(37)31-23-9-4-3-5-10-23)20-21-14-16-22(17-15-21)24-11-6-7-12-25(24)27-32-34-35-33-27/h3-18H,2,19-20H2,1H3,(H,31,37)(H,32,33,34,35). The van der Waals surface area contributed by atoms with Crippen molar-refractivity contribution < 1.29 is 13.2 Å². The van der Waals surface area contributed by atoms with Crippen LogP contribution in [0.3, 0.4) is 0 Å². The summed E-state index contributed by atoms with van der Waals surface area (Å²) in [5.74, 6) is 0.744. The Balaban J connectivity index is 1.41. The van der Waals surface area contributed by atoms with E-state index in [1.54, 1.807) is 30.3 Å². The van der Waals surface area contributed by atoms with Crippen molar-refractivity contribution in [2.45, 2.75) is 24.8 Å². The average Bonchev–Trinajstić information content (AvgIpc) is 3.53. The van der Waals surface area contributed by atoms with Crippen molar-refractivity contribution in [1.29, 1.82) is 0 Å². The predicted molar refractivity (Wildman–Crippen MR) is 153 cm³/mol. The lowest BCUT2D eigenvalue weighted by Crippen LogP contribution is -2.29. The molecule has 40 heavy (non-hydrogen) atoms. The number of nitrogens with one attached hydrogen (secondary N) is 2. The molecule has 5 rings (SSSR count). The molecular weight excluding hydrogens is 526 g/mol. The predicted octanol–water partition coefficient (Wildman–Crippen LogP) is 5.35. The molecule has 0 saturated heterocycles. The number of H-pyrrole nitrogens is 1. The van der Waals surface area contributed by atoms with Gasteiger partial charge in [-0.25, -0.2) is 13.4 Å². The minimum absolute atomic E-state index is 0.137. The maximum absolute atomic E-state index is 13.4. The molecule has 1 amide bonds. The summed E-state index contributed by atoms with van der Waals surface area (Å²) in [6, 6.07) is 27.2. The maximum Gasteiger partial charge on any atom is 0.345 e. The van der Waals surface area contributed by atoms with Gasteiger partial charge >= 0.3 is 5.24 Å². The van der Waals surface area contributed by atoms with Crippen molar-refractivity contribution in [1.82, 2.24) is 25.6 Å². The van der Waals surface area contributed by atoms with Gasteiger partial charge in [-0.1, -0.05) is 73.7 Å². The van der Waals surface area contributed by atoms with Crippen LogP contribution in [0.15, 0.2) is 102 Å². The van der Waals surface area contributed by atoms with Crippen LogP contribution in [-0.4, -0.2) is 45.8 Å². The third kappa shape index (κ3) is 5.74. The number of hydrogen-bond acceptors (Lipinski definition) is 8. The molecule has 2 N–H and O–H groups in total. The second-order valence-electron chi connectivity index (χ2n) is 9.01. The van der Waals surface area contributed by atoms with E-state index in [9.17, 15) is 13.2 Å². The summed E-state index contributed by atoms with van der Waals surface area (Å²) in [4.78, 5) is 19.0. The van der Waals surface area contributed by atoms with Crippen LogP contribution in [0.2, 0.25) is 0 Å². The molecule has 0 unspecified atom stereocenters. The summed E-state index contributed by atoms with van der Waals surface area (Å²) < 4.78 is 26.7. The first kappa shape index (κ1) is 26.7. The molecule has 0 atom stereocenters. The molecular formula is C29H27N7O3S. The van der Waals surface area contributed by atoms with E-state index in [4.69, 9.17) is 0 Å². The topological polar surface area (TPSA) is 134 Å². The zero-order valence-corrected chi connectivity index (χ0v) is 22.5. The zero-order valence-electron chi connectivity index (χ0n) is 21.7. The first-order valence-corrected chi connectivity index (χ1v) is 14.2. The Labute approximate surface area is 232 Å². The minimum atomic E-state index is -4.37. The normalized spacial score (nSPS) is 11.2. The number of carbonyl (C=O) groups excluding carboxylic acids is 1. The van der Waals surface area contributed by atoms with E-state index in [0.29, 0.717) is 24.6 Å². The van der Waals surface area contributed by atoms with Gasteiger partial charge in [0, 0.05) is 30.5 Å². The lowest BCUT2D eigenvalue weighted by molar-refractivity contribution is 0.267. The summed E-state index contributed by atoms with van der Waals surface area (Å²) >= 11 is 0. The van der Waals surface area contributed by atoms with Crippen molar-refractivity contribution in [3.63, 3.8) is 0 Å². The number of para-hydroxylation sites is 1. The highest BCUT2D eigenvalue weighted by Gasteiger charge is 2.30. The van der Waals surface area contributed by atoms with Crippen LogP contribution < -0.4 is 10.2 Å². The third-order valence-corrected chi connectivity index (χ3v) is 7.74. The fraction of sp³-hybridized carbons (Fsp3) is 0.138. The van der Waals surface area contributed by atoms with Gasteiger partial charge in [0.25, 0.3) is 9.84 Å². The largest absolute Gasteiger partial charge is 0.351 e. The van der Waals surface area contributed by atoms with Gasteiger partial charge in [0.1, 0.15) is 10.7 Å². The van der Waals surface area contributed by atoms with Gasteiger partial charge in [0.15, 0.2) is 0 Å². The van der Waals surface area contributed by atoms with Crippen LogP contribution >= 0.6 is 0 Å². The SMILES string of the molecule is CCCN(Cc1ccc(-c2ccccc2-c2nn[nH]n2)cc1)c1ncccc1S(=O)(=O)C(=O)Nc1ccccc1. The number of pyridine rings is 1. The van der Waals surface area contributed by atoms with Crippen molar-refractivity contribution in [2.24, 2.45) is 0 Å². The maximum atomic E-state index is 13.4. The fourth-order valence-electron chi connectivity index (χ4n) is 4.38. The van der Waals surface area contributed by atoms with E-state index >= 15 is 0 Å². The number of carbonyl (C=O) groups is 1. The summed E-state index contributed by atoms with van der Waals surface area (Å²) in [6.07, 6.45) is 2.28. The van der Waals surface area contributed by atoms with E-state index in [-0.39, 0.29) is 10.7 Å². The summed E-state index contributed by atoms with van der Waals surface area (Å²) in [6.45, 7) is 2.95. The van der Waals surface area contributed by atoms with Gasteiger partial charge in [0.05, 0.1) is 0 Å². The molecule has 0 fully saturated rings. The molecule has 0 aliphatic heterocycles. The summed E-state index contributed by atoms with van der Waals surface area (Å²) in [7, 11) is -4.37. The number of rotatable bonds is 9. The van der Waals surface area contributed by atoms with Gasteiger partial charge in [-0.2, -0.15) is 5.21 Å². The van der Waals surface area contributed by atoms with Crippen LogP contribution in [0.5, 0.6) is 0 Å². The second-order valence-corrected chi connectivity index (χ2v) is 10.8. The van der Waals surface area contributed by atoms with Gasteiger partial charge in [0.2, 0.25) is 5.82 Å². The van der Waals surface area contributed by atoms with Crippen molar-refractivity contribution in [2.75, 3.05) is 16.8 Å². The molecule has 5 aromatic rings. The first-order valence-electron chi connectivity index (χ1n) is 12.7. The zero-order chi connectivity index (χ0) is 28.0. The van der Waals surface area contributed by atoms with E-state index in [2.05, 4.69) is 30.9 Å². The number of tetrazole rings is 1. The molecule has 0 saturated carbocycles. The van der Waals surface area contributed by atoms with Crippen LogP contribution in [-0.2, 0) is 16.4 Å². The molecule has 11 heteroatoms. The van der Waals surface area contributed by atoms with Gasteiger partial charge in [-0.15, -0.1) is 10.2 Å². The number of nitrogens with zero attached hydrogens (tertiary/aromatic N) is 5. The van der Waals surface area contributed by atoms with E-state index < -0.39 is 15.1 Å². The highest BCUT2D eigenvalue weighted by Crippen LogP contribution is 2.31. The Kier molecular flexibility index (Phi) is 7.92. The Hall–Kier alpha value is -4.90. The lowest BCUT2D eigenvalue weighted by Gasteiger charge is -2.25. The molecule has 10 nitrogen and oxygen atoms in total. The van der Waals surface area contributed by atoms with Crippen LogP contribution in [0, 0.1) is 0 Å². The number of sulfone groups is 1. The number of aromatic amines is 1. The molecule has 0 aliphatic carbocycles. The molecule has 202 valence electrons. The Morgan fingerprint density at radius 1 is 0.900 bits per heavy atom. The average molecular weight is 554 g/mol. The van der Waals surface area contributed by atoms with Crippen molar-refractivity contribution in [3.8, 4) is 22.5 Å². The molecule has 2 aromatic heterocycles. The molecule has 0 radical (unpaired) electrons. The molecule has 0 bridgehead atoms. The quantitative estimate of drug-likeness (QED) is 0.249. The minimum Gasteiger partial charge on any atom is -0.351 e. The van der Waals surface area contributed by atoms with Gasteiger partial charge in [-0.3, -0.25) is 4.79 Å². The smallest absolute Gasteiger partial charge is 0.345 e. The van der Waals surface area contributed by atoms with Gasteiger partial charge < -0.3 is 10.2 Å². The van der Waals surface area contributed by atoms with Gasteiger partial charge in [-0.05, 0) is 52.6 Å². The Morgan fingerprint density at radius 2 is 1.62 bits per heavy atom. The molecule has 0 aliphatic rings. The number of aromatic nitrogens is 5. The Bertz CT molecular complexity index is 1690. The molecule has 0 spiro atoms. The number of hydrogen-bond donors (Lipinski definition) is 2. The van der Waals surface area contributed by atoms with Crippen LogP contribution in [0.1, 0.15) is 18.9 Å². The molecule has 2 heterocycles. The Morgan fingerprint density at radius 3 is 2.33 bits per heavy atom. The molecule has 3 aromatic carbocycles. The summed E-state index contributed by atoms with van der Waals surface area (Å²) in [5.41, 5.74) is 4.15. The van der Waals surface area contributed by atoms with E-state index in [1.807, 2.05) is 60.4 Å². The first-order chi connectivity index (χ1) is 19.5.